The van der Waals surface area contributed by atoms with Crippen LogP contribution in [0.2, 0.25) is 0 Å². The van der Waals surface area contributed by atoms with Gasteiger partial charge in [-0.3, -0.25) is 15.0 Å². The monoisotopic (exact) mass is 651 g/mol. The molecule has 2 aromatic carbocycles. The lowest BCUT2D eigenvalue weighted by Crippen LogP contribution is -2.34. The van der Waals surface area contributed by atoms with E-state index in [1.807, 2.05) is 67.5 Å². The summed E-state index contributed by atoms with van der Waals surface area (Å²) in [6.07, 6.45) is 7.37. The van der Waals surface area contributed by atoms with E-state index in [2.05, 4.69) is 49.3 Å². The molecule has 5 aromatic rings. The SMILES string of the molecule is CN(C)CCCN(c1ncc(-c2ccccc2)c(-c2ccc(CN3CCC(c4nc(-c5ccccn5)n[nH]4)CC3)cc2)n1)S(C)(=O)=O. The van der Waals surface area contributed by atoms with Crippen molar-refractivity contribution in [2.24, 2.45) is 0 Å². The van der Waals surface area contributed by atoms with Gasteiger partial charge in [0.2, 0.25) is 16.0 Å². The second-order valence-corrected chi connectivity index (χ2v) is 14.2. The summed E-state index contributed by atoms with van der Waals surface area (Å²) in [5, 5.41) is 7.54. The number of hydrogen-bond acceptors (Lipinski definition) is 9. The summed E-state index contributed by atoms with van der Waals surface area (Å²) in [6.45, 7) is 3.84. The van der Waals surface area contributed by atoms with E-state index in [0.29, 0.717) is 30.4 Å². The van der Waals surface area contributed by atoms with Gasteiger partial charge in [0.25, 0.3) is 0 Å². The molecule has 1 fully saturated rings. The molecule has 6 rings (SSSR count). The summed E-state index contributed by atoms with van der Waals surface area (Å²) in [4.78, 5) is 23.0. The van der Waals surface area contributed by atoms with Crippen molar-refractivity contribution in [2.45, 2.75) is 31.7 Å². The van der Waals surface area contributed by atoms with Gasteiger partial charge < -0.3 is 4.90 Å². The van der Waals surface area contributed by atoms with Crippen LogP contribution in [0.1, 0.15) is 36.6 Å². The van der Waals surface area contributed by atoms with E-state index >= 15 is 0 Å². The number of benzene rings is 2. The maximum atomic E-state index is 12.8. The number of sulfonamides is 1. The van der Waals surface area contributed by atoms with Crippen LogP contribution in [0.15, 0.2) is 85.2 Å². The van der Waals surface area contributed by atoms with Crippen molar-refractivity contribution in [3.05, 3.63) is 96.6 Å². The van der Waals surface area contributed by atoms with Gasteiger partial charge >= 0.3 is 0 Å². The molecule has 0 spiro atoms. The minimum Gasteiger partial charge on any atom is -0.309 e. The fraction of sp³-hybridized carbons (Fsp3) is 0.343. The summed E-state index contributed by atoms with van der Waals surface area (Å²) in [7, 11) is 0.364. The number of rotatable bonds is 12. The minimum atomic E-state index is -3.58. The number of aromatic amines is 1. The van der Waals surface area contributed by atoms with Crippen LogP contribution in [0.4, 0.5) is 5.95 Å². The van der Waals surface area contributed by atoms with E-state index in [-0.39, 0.29) is 5.95 Å². The third-order valence-electron chi connectivity index (χ3n) is 8.46. The van der Waals surface area contributed by atoms with E-state index in [1.165, 1.54) is 16.1 Å². The normalized spacial score (nSPS) is 14.5. The summed E-state index contributed by atoms with van der Waals surface area (Å²) >= 11 is 0. The van der Waals surface area contributed by atoms with Crippen molar-refractivity contribution in [2.75, 3.05) is 50.8 Å². The molecule has 1 saturated heterocycles. The largest absolute Gasteiger partial charge is 0.309 e. The Labute approximate surface area is 276 Å². The Kier molecular flexibility index (Phi) is 10.00. The van der Waals surface area contributed by atoms with Gasteiger partial charge in [0.1, 0.15) is 11.5 Å². The first-order chi connectivity index (χ1) is 22.7. The first-order valence-electron chi connectivity index (χ1n) is 15.9. The van der Waals surface area contributed by atoms with Gasteiger partial charge in [-0.15, -0.1) is 0 Å². The third kappa shape index (κ3) is 8.07. The smallest absolute Gasteiger partial charge is 0.239 e. The number of H-pyrrole nitrogens is 1. The van der Waals surface area contributed by atoms with Crippen molar-refractivity contribution >= 4 is 16.0 Å². The van der Waals surface area contributed by atoms with E-state index in [4.69, 9.17) is 9.97 Å². The molecule has 0 aliphatic carbocycles. The van der Waals surface area contributed by atoms with E-state index < -0.39 is 10.0 Å². The lowest BCUT2D eigenvalue weighted by atomic mass is 9.95. The molecular weight excluding hydrogens is 611 g/mol. The van der Waals surface area contributed by atoms with Crippen LogP contribution in [0.5, 0.6) is 0 Å². The second kappa shape index (κ2) is 14.5. The zero-order chi connectivity index (χ0) is 32.8. The molecule has 1 N–H and O–H groups in total. The first kappa shape index (κ1) is 32.4. The Morgan fingerprint density at radius 2 is 1.62 bits per heavy atom. The molecule has 3 aromatic heterocycles. The molecule has 0 unspecified atom stereocenters. The van der Waals surface area contributed by atoms with Crippen LogP contribution in [-0.4, -0.2) is 94.9 Å². The fourth-order valence-electron chi connectivity index (χ4n) is 5.94. The van der Waals surface area contributed by atoms with Crippen molar-refractivity contribution in [3.63, 3.8) is 0 Å². The highest BCUT2D eigenvalue weighted by atomic mass is 32.2. The van der Waals surface area contributed by atoms with Crippen molar-refractivity contribution < 1.29 is 8.42 Å². The van der Waals surface area contributed by atoms with Crippen LogP contribution in [0.3, 0.4) is 0 Å². The maximum absolute atomic E-state index is 12.8. The third-order valence-corrected chi connectivity index (χ3v) is 9.60. The topological polar surface area (TPSA) is 124 Å². The van der Waals surface area contributed by atoms with Crippen LogP contribution in [-0.2, 0) is 16.6 Å². The molecule has 11 nitrogen and oxygen atoms in total. The number of likely N-dealkylation sites (tertiary alicyclic amines) is 1. The van der Waals surface area contributed by atoms with Crippen LogP contribution >= 0.6 is 0 Å². The average molecular weight is 652 g/mol. The van der Waals surface area contributed by atoms with Gasteiger partial charge in [0.15, 0.2) is 5.82 Å². The molecule has 0 amide bonds. The van der Waals surface area contributed by atoms with Gasteiger partial charge in [-0.1, -0.05) is 60.7 Å². The summed E-state index contributed by atoms with van der Waals surface area (Å²) in [5.41, 5.74) is 5.42. The van der Waals surface area contributed by atoms with Gasteiger partial charge in [-0.25, -0.2) is 27.7 Å². The Bertz CT molecular complexity index is 1860. The molecule has 1 aliphatic rings. The highest BCUT2D eigenvalue weighted by Crippen LogP contribution is 2.33. The van der Waals surface area contributed by atoms with E-state index in [9.17, 15) is 8.42 Å². The van der Waals surface area contributed by atoms with Gasteiger partial charge in [-0.05, 0) is 76.3 Å². The molecule has 0 saturated carbocycles. The molecule has 12 heteroatoms. The lowest BCUT2D eigenvalue weighted by Gasteiger charge is -2.31. The standard InChI is InChI=1S/C35H41N9O2S/c1-42(2)20-9-21-44(47(3,45)46)35-37-24-30(27-10-5-4-6-11-27)32(38-35)28-15-13-26(14-16-28)25-43-22-17-29(18-23-43)33-39-34(41-40-33)31-12-7-8-19-36-31/h4-8,10-16,19,24,29H,9,17-18,20-23,25H2,1-3H3,(H,39,40,41). The highest BCUT2D eigenvalue weighted by Gasteiger charge is 2.25. The summed E-state index contributed by atoms with van der Waals surface area (Å²) in [6, 6.07) is 24.1. The summed E-state index contributed by atoms with van der Waals surface area (Å²) in [5.74, 6) is 2.10. The predicted octanol–water partition coefficient (Wildman–Crippen LogP) is 5.09. The number of piperidine rings is 1. The van der Waals surface area contributed by atoms with Crippen molar-refractivity contribution in [1.29, 1.82) is 0 Å². The fourth-order valence-corrected chi connectivity index (χ4v) is 6.79. The number of aromatic nitrogens is 6. The molecule has 1 aliphatic heterocycles. The zero-order valence-electron chi connectivity index (χ0n) is 27.1. The zero-order valence-corrected chi connectivity index (χ0v) is 27.9. The van der Waals surface area contributed by atoms with Crippen LogP contribution in [0, 0.1) is 0 Å². The molecule has 0 atom stereocenters. The van der Waals surface area contributed by atoms with Gasteiger partial charge in [0.05, 0.1) is 11.9 Å². The number of nitrogens with zero attached hydrogens (tertiary/aromatic N) is 8. The molecule has 0 bridgehead atoms. The number of anilines is 1. The molecule has 4 heterocycles. The van der Waals surface area contributed by atoms with Crippen molar-refractivity contribution in [3.8, 4) is 33.9 Å². The van der Waals surface area contributed by atoms with Crippen LogP contribution < -0.4 is 4.31 Å². The Morgan fingerprint density at radius 3 is 2.30 bits per heavy atom. The van der Waals surface area contributed by atoms with Crippen molar-refractivity contribution in [1.82, 2.24) is 39.9 Å². The molecule has 244 valence electrons. The molecular formula is C35H41N9O2S. The maximum Gasteiger partial charge on any atom is 0.239 e. The minimum absolute atomic E-state index is 0.187. The predicted molar refractivity (Wildman–Crippen MR) is 185 cm³/mol. The van der Waals surface area contributed by atoms with E-state index in [0.717, 1.165) is 67.2 Å². The quantitative estimate of drug-likeness (QED) is 0.197. The highest BCUT2D eigenvalue weighted by molar-refractivity contribution is 7.92. The second-order valence-electron chi connectivity index (χ2n) is 12.3. The Hall–Kier alpha value is -4.52. The molecule has 47 heavy (non-hydrogen) atoms. The number of pyridine rings is 1. The average Bonchev–Trinajstić information content (AvgIpc) is 3.58. The number of hydrogen-bond donors (Lipinski definition) is 1. The van der Waals surface area contributed by atoms with Gasteiger partial charge in [-0.2, -0.15) is 5.10 Å². The van der Waals surface area contributed by atoms with Gasteiger partial charge in [0, 0.05) is 42.5 Å². The summed E-state index contributed by atoms with van der Waals surface area (Å²) < 4.78 is 27.0. The number of nitrogens with one attached hydrogen (secondary N) is 1. The lowest BCUT2D eigenvalue weighted by molar-refractivity contribution is 0.202. The Balaban J connectivity index is 1.17. The van der Waals surface area contributed by atoms with Crippen LogP contribution in [0.25, 0.3) is 33.9 Å². The first-order valence-corrected chi connectivity index (χ1v) is 17.8. The Morgan fingerprint density at radius 1 is 0.872 bits per heavy atom. The van der Waals surface area contributed by atoms with E-state index in [1.54, 1.807) is 12.4 Å². The molecule has 0 radical (unpaired) electrons.